The lowest BCUT2D eigenvalue weighted by Crippen LogP contribution is -2.12. The van der Waals surface area contributed by atoms with Gasteiger partial charge in [0.1, 0.15) is 18.1 Å². The SMILES string of the molecule is Cc1cc(-c2nnc(SCc3cc(=O)[nH]c(CO)n3)o2)n(C)n1. The van der Waals surface area contributed by atoms with Crippen molar-refractivity contribution in [2.45, 2.75) is 24.5 Å². The lowest BCUT2D eigenvalue weighted by molar-refractivity contribution is 0.270. The molecular weight excluding hydrogens is 320 g/mol. The predicted octanol–water partition coefficient (Wildman–Crippen LogP) is 0.646. The molecule has 120 valence electrons. The standard InChI is InChI=1S/C13H14N6O3S/c1-7-3-9(19(2)18-7)12-16-17-13(22-12)23-6-8-4-11(21)15-10(5-20)14-8/h3-4,20H,5-6H2,1-2H3,(H,14,15,21). The van der Waals surface area contributed by atoms with Gasteiger partial charge >= 0.3 is 0 Å². The van der Waals surface area contributed by atoms with Crippen molar-refractivity contribution in [1.82, 2.24) is 29.9 Å². The minimum Gasteiger partial charge on any atom is -0.410 e. The first-order chi connectivity index (χ1) is 11.0. The number of H-pyrrole nitrogens is 1. The Kier molecular flexibility index (Phi) is 4.26. The summed E-state index contributed by atoms with van der Waals surface area (Å²) < 4.78 is 7.26. The first kappa shape index (κ1) is 15.4. The molecule has 10 heteroatoms. The van der Waals surface area contributed by atoms with Crippen LogP contribution in [0.2, 0.25) is 0 Å². The molecule has 0 saturated carbocycles. The smallest absolute Gasteiger partial charge is 0.277 e. The van der Waals surface area contributed by atoms with E-state index in [1.165, 1.54) is 17.8 Å². The number of thioether (sulfide) groups is 1. The third-order valence-electron chi connectivity index (χ3n) is 2.96. The van der Waals surface area contributed by atoms with Crippen molar-refractivity contribution >= 4 is 11.8 Å². The normalized spacial score (nSPS) is 11.1. The molecule has 0 atom stereocenters. The highest BCUT2D eigenvalue weighted by molar-refractivity contribution is 7.98. The van der Waals surface area contributed by atoms with Gasteiger partial charge in [0.15, 0.2) is 0 Å². The van der Waals surface area contributed by atoms with E-state index in [1.54, 1.807) is 11.7 Å². The highest BCUT2D eigenvalue weighted by Gasteiger charge is 2.14. The fraction of sp³-hybridized carbons (Fsp3) is 0.308. The van der Waals surface area contributed by atoms with Crippen molar-refractivity contribution in [1.29, 1.82) is 0 Å². The summed E-state index contributed by atoms with van der Waals surface area (Å²) in [4.78, 5) is 18.0. The zero-order valence-electron chi connectivity index (χ0n) is 12.5. The van der Waals surface area contributed by atoms with Gasteiger partial charge in [-0.25, -0.2) is 4.98 Å². The Morgan fingerprint density at radius 2 is 2.22 bits per heavy atom. The van der Waals surface area contributed by atoms with Crippen molar-refractivity contribution < 1.29 is 9.52 Å². The number of aliphatic hydroxyl groups is 1. The number of nitrogens with one attached hydrogen (secondary N) is 1. The average molecular weight is 334 g/mol. The third kappa shape index (κ3) is 3.48. The van der Waals surface area contributed by atoms with Crippen molar-refractivity contribution in [3.8, 4) is 11.6 Å². The molecule has 3 aromatic rings. The van der Waals surface area contributed by atoms with Crippen LogP contribution < -0.4 is 5.56 Å². The van der Waals surface area contributed by atoms with Crippen LogP contribution in [0.4, 0.5) is 0 Å². The van der Waals surface area contributed by atoms with Crippen LogP contribution in [-0.2, 0) is 19.4 Å². The molecule has 0 bridgehead atoms. The Morgan fingerprint density at radius 1 is 1.39 bits per heavy atom. The fourth-order valence-corrected chi connectivity index (χ4v) is 2.69. The number of aryl methyl sites for hydroxylation is 2. The van der Waals surface area contributed by atoms with Crippen molar-refractivity contribution in [2.75, 3.05) is 0 Å². The maximum Gasteiger partial charge on any atom is 0.277 e. The summed E-state index contributed by atoms with van der Waals surface area (Å²) in [6, 6.07) is 3.22. The summed E-state index contributed by atoms with van der Waals surface area (Å²) in [7, 11) is 1.80. The van der Waals surface area contributed by atoms with Gasteiger partial charge < -0.3 is 14.5 Å². The fourth-order valence-electron chi connectivity index (χ4n) is 2.03. The van der Waals surface area contributed by atoms with E-state index in [1.807, 2.05) is 13.0 Å². The summed E-state index contributed by atoms with van der Waals surface area (Å²) in [5, 5.41) is 21.6. The van der Waals surface area contributed by atoms with E-state index in [0.717, 1.165) is 11.4 Å². The molecule has 0 amide bonds. The molecule has 0 aliphatic heterocycles. The number of hydrogen-bond donors (Lipinski definition) is 2. The number of aromatic amines is 1. The molecule has 0 saturated heterocycles. The summed E-state index contributed by atoms with van der Waals surface area (Å²) in [6.45, 7) is 1.56. The zero-order valence-corrected chi connectivity index (χ0v) is 13.3. The second-order valence-corrected chi connectivity index (χ2v) is 5.72. The predicted molar refractivity (Wildman–Crippen MR) is 81.6 cm³/mol. The average Bonchev–Trinajstić information content (AvgIpc) is 3.10. The molecule has 0 aromatic carbocycles. The lowest BCUT2D eigenvalue weighted by atomic mass is 10.4. The molecular formula is C13H14N6O3S. The molecule has 3 heterocycles. The monoisotopic (exact) mass is 334 g/mol. The maximum absolute atomic E-state index is 11.4. The maximum atomic E-state index is 11.4. The number of aromatic nitrogens is 6. The second-order valence-electron chi connectivity index (χ2n) is 4.80. The molecule has 23 heavy (non-hydrogen) atoms. The quantitative estimate of drug-likeness (QED) is 0.652. The van der Waals surface area contributed by atoms with E-state index in [9.17, 15) is 4.79 Å². The summed E-state index contributed by atoms with van der Waals surface area (Å²) in [5.74, 6) is 0.985. The molecule has 0 spiro atoms. The van der Waals surface area contributed by atoms with Gasteiger partial charge in [0.25, 0.3) is 16.7 Å². The number of aliphatic hydroxyl groups excluding tert-OH is 1. The van der Waals surface area contributed by atoms with Gasteiger partial charge in [0.05, 0.1) is 11.4 Å². The Labute approximate surface area is 134 Å². The second kappa shape index (κ2) is 6.34. The van der Waals surface area contributed by atoms with Crippen LogP contribution in [-0.4, -0.2) is 35.1 Å². The Morgan fingerprint density at radius 3 is 2.91 bits per heavy atom. The summed E-state index contributed by atoms with van der Waals surface area (Å²) >= 11 is 1.26. The molecule has 0 radical (unpaired) electrons. The summed E-state index contributed by atoms with van der Waals surface area (Å²) in [5.41, 5.74) is 1.81. The molecule has 0 aliphatic rings. The van der Waals surface area contributed by atoms with Crippen molar-refractivity contribution in [3.63, 3.8) is 0 Å². The van der Waals surface area contributed by atoms with Crippen molar-refractivity contribution in [3.05, 3.63) is 39.7 Å². The van der Waals surface area contributed by atoms with Crippen LogP contribution in [0, 0.1) is 6.92 Å². The molecule has 2 N–H and O–H groups in total. The van der Waals surface area contributed by atoms with Gasteiger partial charge in [-0.3, -0.25) is 9.48 Å². The number of rotatable bonds is 5. The van der Waals surface area contributed by atoms with Gasteiger partial charge in [-0.05, 0) is 13.0 Å². The minimum absolute atomic E-state index is 0.227. The first-order valence-electron chi connectivity index (χ1n) is 6.72. The topological polar surface area (TPSA) is 123 Å². The number of hydrogen-bond acceptors (Lipinski definition) is 8. The van der Waals surface area contributed by atoms with Crippen LogP contribution in [0.25, 0.3) is 11.6 Å². The van der Waals surface area contributed by atoms with Gasteiger partial charge in [0.2, 0.25) is 0 Å². The Balaban J connectivity index is 1.74. The zero-order chi connectivity index (χ0) is 16.4. The van der Waals surface area contributed by atoms with Gasteiger partial charge in [-0.15, -0.1) is 10.2 Å². The van der Waals surface area contributed by atoms with E-state index in [2.05, 4.69) is 25.3 Å². The van der Waals surface area contributed by atoms with E-state index in [-0.39, 0.29) is 18.0 Å². The van der Waals surface area contributed by atoms with Crippen molar-refractivity contribution in [2.24, 2.45) is 7.05 Å². The first-order valence-corrected chi connectivity index (χ1v) is 7.71. The van der Waals surface area contributed by atoms with Gasteiger partial charge in [-0.1, -0.05) is 11.8 Å². The lowest BCUT2D eigenvalue weighted by Gasteiger charge is -2.00. The van der Waals surface area contributed by atoms with Gasteiger partial charge in [-0.2, -0.15) is 5.10 Å². The summed E-state index contributed by atoms with van der Waals surface area (Å²) in [6.07, 6.45) is 0. The van der Waals surface area contributed by atoms with Crippen LogP contribution >= 0.6 is 11.8 Å². The van der Waals surface area contributed by atoms with Crippen LogP contribution in [0.1, 0.15) is 17.2 Å². The molecule has 3 rings (SSSR count). The molecule has 3 aromatic heterocycles. The highest BCUT2D eigenvalue weighted by atomic mass is 32.2. The van der Waals surface area contributed by atoms with E-state index >= 15 is 0 Å². The largest absolute Gasteiger partial charge is 0.410 e. The Bertz CT molecular complexity index is 884. The number of nitrogens with zero attached hydrogens (tertiary/aromatic N) is 5. The Hall–Kier alpha value is -2.46. The molecule has 0 aliphatic carbocycles. The van der Waals surface area contributed by atoms with Crippen LogP contribution in [0.5, 0.6) is 0 Å². The van der Waals surface area contributed by atoms with Crippen LogP contribution in [0.15, 0.2) is 26.6 Å². The van der Waals surface area contributed by atoms with Crippen LogP contribution in [0.3, 0.4) is 0 Å². The van der Waals surface area contributed by atoms with E-state index < -0.39 is 0 Å². The highest BCUT2D eigenvalue weighted by Crippen LogP contribution is 2.25. The van der Waals surface area contributed by atoms with E-state index in [0.29, 0.717) is 22.6 Å². The minimum atomic E-state index is -0.321. The molecule has 9 nitrogen and oxygen atoms in total. The third-order valence-corrected chi connectivity index (χ3v) is 3.82. The van der Waals surface area contributed by atoms with Gasteiger partial charge in [0, 0.05) is 18.9 Å². The van der Waals surface area contributed by atoms with E-state index in [4.69, 9.17) is 9.52 Å². The molecule has 0 fully saturated rings. The molecule has 0 unspecified atom stereocenters.